The highest BCUT2D eigenvalue weighted by atomic mass is 16.2. The van der Waals surface area contributed by atoms with Crippen LogP contribution in [0, 0.1) is 0 Å². The minimum Gasteiger partial charge on any atom is -0.365 e. The zero-order valence-corrected chi connectivity index (χ0v) is 18.8. The van der Waals surface area contributed by atoms with Crippen molar-refractivity contribution in [1.82, 2.24) is 20.3 Å². The Bertz CT molecular complexity index is 946. The summed E-state index contributed by atoms with van der Waals surface area (Å²) in [4.78, 5) is 24.9. The Morgan fingerprint density at radius 2 is 1.81 bits per heavy atom. The third-order valence-electron chi connectivity index (χ3n) is 4.20. The standard InChI is InChI=1S/C21H24N6O.C3H8/c1-3-16-10-17(7-8-18(16)27-21(28)24-4-2)19-13-23-14-20(26-19)25-12-15-6-5-9-22-11-15;1-3-2/h5-11,13-14H,3-4,12H2,1-2H3,(H,25,26)(H2,24,27,28);3H2,1-2H3. The Kier molecular flexibility index (Phi) is 9.94. The highest BCUT2D eigenvalue weighted by Crippen LogP contribution is 2.25. The molecule has 0 aliphatic rings. The third-order valence-corrected chi connectivity index (χ3v) is 4.20. The molecule has 0 aliphatic heterocycles. The summed E-state index contributed by atoms with van der Waals surface area (Å²) >= 11 is 0. The number of nitrogens with one attached hydrogen (secondary N) is 3. The van der Waals surface area contributed by atoms with Gasteiger partial charge in [-0.25, -0.2) is 9.78 Å². The van der Waals surface area contributed by atoms with Gasteiger partial charge in [0.25, 0.3) is 0 Å². The SMILES string of the molecule is CCC.CCNC(=O)Nc1ccc(-c2cncc(NCc3cccnc3)n2)cc1CC. The molecule has 0 bridgehead atoms. The van der Waals surface area contributed by atoms with Gasteiger partial charge in [-0.1, -0.05) is 39.3 Å². The normalized spacial score (nSPS) is 9.94. The highest BCUT2D eigenvalue weighted by molar-refractivity contribution is 5.90. The number of hydrogen-bond acceptors (Lipinski definition) is 5. The van der Waals surface area contributed by atoms with Crippen molar-refractivity contribution in [3.8, 4) is 11.3 Å². The predicted molar refractivity (Wildman–Crippen MR) is 127 cm³/mol. The van der Waals surface area contributed by atoms with E-state index in [1.54, 1.807) is 18.6 Å². The minimum absolute atomic E-state index is 0.202. The predicted octanol–water partition coefficient (Wildman–Crippen LogP) is 5.27. The number of pyridine rings is 1. The van der Waals surface area contributed by atoms with E-state index in [2.05, 4.69) is 51.7 Å². The molecule has 0 saturated heterocycles. The molecule has 31 heavy (non-hydrogen) atoms. The first kappa shape index (κ1) is 23.8. The first-order valence-electron chi connectivity index (χ1n) is 10.7. The minimum atomic E-state index is -0.202. The third kappa shape index (κ3) is 7.70. The zero-order valence-electron chi connectivity index (χ0n) is 18.8. The van der Waals surface area contributed by atoms with Crippen LogP contribution in [0.5, 0.6) is 0 Å². The number of carbonyl (C=O) groups is 1. The lowest BCUT2D eigenvalue weighted by molar-refractivity contribution is 0.252. The fraction of sp³-hybridized carbons (Fsp3) is 0.333. The van der Waals surface area contributed by atoms with Gasteiger partial charge in [-0.15, -0.1) is 0 Å². The maximum atomic E-state index is 11.8. The Labute approximate surface area is 184 Å². The number of aromatic nitrogens is 3. The van der Waals surface area contributed by atoms with Crippen LogP contribution in [0.3, 0.4) is 0 Å². The van der Waals surface area contributed by atoms with Crippen LogP contribution in [-0.4, -0.2) is 27.5 Å². The molecule has 2 amide bonds. The number of benzene rings is 1. The van der Waals surface area contributed by atoms with Crippen LogP contribution in [0.15, 0.2) is 55.1 Å². The number of hydrogen-bond donors (Lipinski definition) is 3. The van der Waals surface area contributed by atoms with Crippen molar-refractivity contribution in [1.29, 1.82) is 0 Å². The van der Waals surface area contributed by atoms with E-state index in [0.717, 1.165) is 34.5 Å². The van der Waals surface area contributed by atoms with Crippen LogP contribution in [0.4, 0.5) is 16.3 Å². The van der Waals surface area contributed by atoms with E-state index >= 15 is 0 Å². The van der Waals surface area contributed by atoms with Crippen LogP contribution < -0.4 is 16.0 Å². The van der Waals surface area contributed by atoms with E-state index in [9.17, 15) is 4.79 Å². The van der Waals surface area contributed by atoms with E-state index < -0.39 is 0 Å². The molecule has 2 heterocycles. The van der Waals surface area contributed by atoms with E-state index in [-0.39, 0.29) is 6.03 Å². The molecule has 3 N–H and O–H groups in total. The Morgan fingerprint density at radius 3 is 2.48 bits per heavy atom. The Morgan fingerprint density at radius 1 is 1.00 bits per heavy atom. The molecule has 3 rings (SSSR count). The van der Waals surface area contributed by atoms with E-state index in [1.807, 2.05) is 43.5 Å². The summed E-state index contributed by atoms with van der Waals surface area (Å²) in [6, 6.07) is 9.59. The smallest absolute Gasteiger partial charge is 0.319 e. The summed E-state index contributed by atoms with van der Waals surface area (Å²) in [6.07, 6.45) is 9.05. The summed E-state index contributed by atoms with van der Waals surface area (Å²) in [5, 5.41) is 8.90. The number of anilines is 2. The van der Waals surface area contributed by atoms with Gasteiger partial charge >= 0.3 is 6.03 Å². The molecule has 0 saturated carbocycles. The van der Waals surface area contributed by atoms with Gasteiger partial charge in [-0.3, -0.25) is 9.97 Å². The topological polar surface area (TPSA) is 91.8 Å². The van der Waals surface area contributed by atoms with Gasteiger partial charge in [0.2, 0.25) is 0 Å². The van der Waals surface area contributed by atoms with Crippen LogP contribution in [-0.2, 0) is 13.0 Å². The van der Waals surface area contributed by atoms with Crippen molar-refractivity contribution in [2.45, 2.75) is 47.1 Å². The summed E-state index contributed by atoms with van der Waals surface area (Å²) < 4.78 is 0. The van der Waals surface area contributed by atoms with Crippen LogP contribution >= 0.6 is 0 Å². The van der Waals surface area contributed by atoms with Gasteiger partial charge in [0.15, 0.2) is 0 Å². The van der Waals surface area contributed by atoms with Crippen LogP contribution in [0.25, 0.3) is 11.3 Å². The summed E-state index contributed by atoms with van der Waals surface area (Å²) in [6.45, 7) is 9.40. The van der Waals surface area contributed by atoms with Gasteiger partial charge in [0.05, 0.1) is 18.1 Å². The fourth-order valence-electron chi connectivity index (χ4n) is 2.78. The maximum Gasteiger partial charge on any atom is 0.319 e. The van der Waals surface area contributed by atoms with Crippen LogP contribution in [0.2, 0.25) is 0 Å². The summed E-state index contributed by atoms with van der Waals surface area (Å²) in [7, 11) is 0. The van der Waals surface area contributed by atoms with Crippen molar-refractivity contribution in [3.63, 3.8) is 0 Å². The summed E-state index contributed by atoms with van der Waals surface area (Å²) in [5.74, 6) is 0.698. The molecule has 3 aromatic rings. The molecule has 0 spiro atoms. The quantitative estimate of drug-likeness (QED) is 0.484. The number of aryl methyl sites for hydroxylation is 1. The van der Waals surface area contributed by atoms with Gasteiger partial charge in [-0.2, -0.15) is 0 Å². The second-order valence-electron chi connectivity index (χ2n) is 6.92. The van der Waals surface area contributed by atoms with E-state index in [4.69, 9.17) is 0 Å². The largest absolute Gasteiger partial charge is 0.365 e. The lowest BCUT2D eigenvalue weighted by atomic mass is 10.0. The molecule has 0 unspecified atom stereocenters. The molecule has 7 heteroatoms. The van der Waals surface area contributed by atoms with Gasteiger partial charge in [-0.05, 0) is 42.7 Å². The average Bonchev–Trinajstić information content (AvgIpc) is 2.79. The number of nitrogens with zero attached hydrogens (tertiary/aromatic N) is 3. The second-order valence-corrected chi connectivity index (χ2v) is 6.92. The fourth-order valence-corrected chi connectivity index (χ4v) is 2.78. The molecular weight excluding hydrogens is 388 g/mol. The van der Waals surface area contributed by atoms with Crippen molar-refractivity contribution in [3.05, 3.63) is 66.2 Å². The first-order chi connectivity index (χ1) is 15.1. The molecular formula is C24H32N6O. The number of carbonyl (C=O) groups excluding carboxylic acids is 1. The lowest BCUT2D eigenvalue weighted by Gasteiger charge is -2.12. The molecule has 0 fully saturated rings. The molecule has 0 radical (unpaired) electrons. The molecule has 1 aromatic carbocycles. The Hall–Kier alpha value is -3.48. The molecule has 0 atom stereocenters. The van der Waals surface area contributed by atoms with Crippen molar-refractivity contribution in [2.75, 3.05) is 17.2 Å². The molecule has 2 aromatic heterocycles. The van der Waals surface area contributed by atoms with Gasteiger partial charge in [0, 0.05) is 36.7 Å². The molecule has 0 aliphatic carbocycles. The lowest BCUT2D eigenvalue weighted by Crippen LogP contribution is -2.28. The second kappa shape index (κ2) is 13.0. The summed E-state index contributed by atoms with van der Waals surface area (Å²) in [5.41, 5.74) is 4.64. The average molecular weight is 421 g/mol. The van der Waals surface area contributed by atoms with Crippen molar-refractivity contribution in [2.24, 2.45) is 0 Å². The number of rotatable bonds is 7. The van der Waals surface area contributed by atoms with E-state index in [0.29, 0.717) is 18.9 Å². The molecule has 7 nitrogen and oxygen atoms in total. The first-order valence-corrected chi connectivity index (χ1v) is 10.7. The maximum absolute atomic E-state index is 11.8. The van der Waals surface area contributed by atoms with Gasteiger partial charge in [0.1, 0.15) is 5.82 Å². The van der Waals surface area contributed by atoms with E-state index in [1.165, 1.54) is 6.42 Å². The van der Waals surface area contributed by atoms with Crippen molar-refractivity contribution < 1.29 is 4.79 Å². The number of urea groups is 1. The van der Waals surface area contributed by atoms with Crippen molar-refractivity contribution >= 4 is 17.5 Å². The Balaban J connectivity index is 0.00000107. The number of amides is 2. The zero-order chi connectivity index (χ0) is 22.5. The van der Waals surface area contributed by atoms with Crippen LogP contribution in [0.1, 0.15) is 45.2 Å². The highest BCUT2D eigenvalue weighted by Gasteiger charge is 2.09. The van der Waals surface area contributed by atoms with Gasteiger partial charge < -0.3 is 16.0 Å². The molecule has 164 valence electrons. The monoisotopic (exact) mass is 420 g/mol.